The van der Waals surface area contributed by atoms with Gasteiger partial charge in [-0.2, -0.15) is 0 Å². The quantitative estimate of drug-likeness (QED) is 0.508. The van der Waals surface area contributed by atoms with Crippen LogP contribution < -0.4 is 4.90 Å². The Bertz CT molecular complexity index is 971. The zero-order chi connectivity index (χ0) is 19.5. The molecule has 4 nitrogen and oxygen atoms in total. The van der Waals surface area contributed by atoms with Gasteiger partial charge in [0.2, 0.25) is 0 Å². The second kappa shape index (κ2) is 8.33. The van der Waals surface area contributed by atoms with Crippen molar-refractivity contribution in [2.45, 2.75) is 13.8 Å². The molecule has 0 unspecified atom stereocenters. The van der Waals surface area contributed by atoms with Crippen LogP contribution in [0.2, 0.25) is 0 Å². The molecular weight excluding hydrogens is 414 g/mol. The molecule has 0 N–H and O–H groups in total. The minimum absolute atomic E-state index is 0.797. The van der Waals surface area contributed by atoms with Crippen LogP contribution in [0.3, 0.4) is 0 Å². The van der Waals surface area contributed by atoms with E-state index in [0.717, 1.165) is 47.7 Å². The van der Waals surface area contributed by atoms with Crippen LogP contribution >= 0.6 is 15.9 Å². The van der Waals surface area contributed by atoms with E-state index >= 15 is 0 Å². The Morgan fingerprint density at radius 2 is 1.57 bits per heavy atom. The minimum atomic E-state index is 0.797. The Labute approximate surface area is 174 Å². The number of anilines is 1. The maximum Gasteiger partial charge on any atom is 0.0642 e. The first-order chi connectivity index (χ1) is 13.6. The number of nitrogens with zero attached hydrogens (tertiary/aromatic N) is 3. The van der Waals surface area contributed by atoms with E-state index < -0.39 is 0 Å². The number of hydrogen-bond acceptors (Lipinski definition) is 3. The maximum absolute atomic E-state index is 5.43. The molecule has 2 aromatic carbocycles. The predicted molar refractivity (Wildman–Crippen MR) is 120 cm³/mol. The number of hydrogen-bond donors (Lipinski definition) is 0. The van der Waals surface area contributed by atoms with E-state index in [1.165, 1.54) is 17.1 Å². The molecule has 0 aliphatic carbocycles. The highest BCUT2D eigenvalue weighted by molar-refractivity contribution is 9.10. The normalized spacial score (nSPS) is 14.8. The molecule has 0 amide bonds. The van der Waals surface area contributed by atoms with E-state index in [1.807, 2.05) is 12.3 Å². The highest BCUT2D eigenvalue weighted by Gasteiger charge is 2.15. The number of rotatable bonds is 4. The first kappa shape index (κ1) is 19.0. The number of benzene rings is 2. The molecular formula is C23H24BrN3O. The van der Waals surface area contributed by atoms with Gasteiger partial charge in [-0.1, -0.05) is 18.2 Å². The Balaban J connectivity index is 1.58. The fraction of sp³-hybridized carbons (Fsp3) is 0.261. The van der Waals surface area contributed by atoms with Gasteiger partial charge in [0, 0.05) is 52.1 Å². The molecule has 0 bridgehead atoms. The molecule has 2 heterocycles. The number of aromatic nitrogens is 1. The van der Waals surface area contributed by atoms with Crippen LogP contribution in [0.15, 0.2) is 64.1 Å². The summed E-state index contributed by atoms with van der Waals surface area (Å²) in [5, 5.41) is 0. The van der Waals surface area contributed by atoms with Crippen molar-refractivity contribution in [2.24, 2.45) is 4.99 Å². The third-order valence-corrected chi connectivity index (χ3v) is 6.20. The SMILES string of the molecule is Cc1c(Br)c(C=Nc2ccc(N3CCOCC3)cc2)c(C)n1-c1ccccc1. The van der Waals surface area contributed by atoms with Gasteiger partial charge >= 0.3 is 0 Å². The average molecular weight is 438 g/mol. The van der Waals surface area contributed by atoms with E-state index in [2.05, 4.69) is 87.8 Å². The van der Waals surface area contributed by atoms with Gasteiger partial charge in [-0.05, 0) is 66.2 Å². The number of halogens is 1. The molecule has 1 aliphatic heterocycles. The predicted octanol–water partition coefficient (Wildman–Crippen LogP) is 5.44. The number of aliphatic imine (C=N–C) groups is 1. The third kappa shape index (κ3) is 3.77. The van der Waals surface area contributed by atoms with Gasteiger partial charge in [0.25, 0.3) is 0 Å². The topological polar surface area (TPSA) is 29.8 Å². The molecule has 0 saturated carbocycles. The van der Waals surface area contributed by atoms with Crippen LogP contribution in [0.4, 0.5) is 11.4 Å². The first-order valence-corrected chi connectivity index (χ1v) is 10.3. The van der Waals surface area contributed by atoms with E-state index in [9.17, 15) is 0 Å². The lowest BCUT2D eigenvalue weighted by Crippen LogP contribution is -2.36. The summed E-state index contributed by atoms with van der Waals surface area (Å²) >= 11 is 3.76. The molecule has 0 spiro atoms. The lowest BCUT2D eigenvalue weighted by molar-refractivity contribution is 0.122. The van der Waals surface area contributed by atoms with Crippen LogP contribution in [-0.2, 0) is 4.74 Å². The van der Waals surface area contributed by atoms with Crippen molar-refractivity contribution < 1.29 is 4.74 Å². The number of morpholine rings is 1. The molecule has 1 saturated heterocycles. The lowest BCUT2D eigenvalue weighted by atomic mass is 10.2. The van der Waals surface area contributed by atoms with Gasteiger partial charge in [0.1, 0.15) is 0 Å². The van der Waals surface area contributed by atoms with E-state index in [1.54, 1.807) is 0 Å². The highest BCUT2D eigenvalue weighted by atomic mass is 79.9. The Morgan fingerprint density at radius 1 is 0.893 bits per heavy atom. The van der Waals surface area contributed by atoms with Gasteiger partial charge < -0.3 is 14.2 Å². The first-order valence-electron chi connectivity index (χ1n) is 9.55. The van der Waals surface area contributed by atoms with Crippen molar-refractivity contribution in [1.29, 1.82) is 0 Å². The molecule has 1 aromatic heterocycles. The monoisotopic (exact) mass is 437 g/mol. The largest absolute Gasteiger partial charge is 0.378 e. The van der Waals surface area contributed by atoms with E-state index in [4.69, 9.17) is 9.73 Å². The third-order valence-electron chi connectivity index (χ3n) is 5.20. The standard InChI is InChI=1S/C23H24BrN3O/c1-17-22(23(24)18(2)27(17)21-6-4-3-5-7-21)16-25-19-8-10-20(11-9-19)26-12-14-28-15-13-26/h3-11,16H,12-15H2,1-2H3. The maximum atomic E-state index is 5.43. The van der Waals surface area contributed by atoms with Crippen molar-refractivity contribution in [1.82, 2.24) is 4.57 Å². The van der Waals surface area contributed by atoms with Crippen LogP contribution in [0.25, 0.3) is 5.69 Å². The lowest BCUT2D eigenvalue weighted by Gasteiger charge is -2.28. The zero-order valence-electron chi connectivity index (χ0n) is 16.2. The summed E-state index contributed by atoms with van der Waals surface area (Å²) in [5.41, 5.74) is 6.79. The van der Waals surface area contributed by atoms with Crippen molar-refractivity contribution >= 4 is 33.5 Å². The summed E-state index contributed by atoms with van der Waals surface area (Å²) < 4.78 is 8.77. The molecule has 144 valence electrons. The summed E-state index contributed by atoms with van der Waals surface area (Å²) in [6.45, 7) is 7.74. The van der Waals surface area contributed by atoms with Gasteiger partial charge in [0.15, 0.2) is 0 Å². The molecule has 3 aromatic rings. The van der Waals surface area contributed by atoms with Crippen molar-refractivity contribution in [3.8, 4) is 5.69 Å². The summed E-state index contributed by atoms with van der Waals surface area (Å²) in [6, 6.07) is 18.8. The van der Waals surface area contributed by atoms with Crippen LogP contribution in [0.5, 0.6) is 0 Å². The fourth-order valence-electron chi connectivity index (χ4n) is 3.65. The summed E-state index contributed by atoms with van der Waals surface area (Å²) in [6.07, 6.45) is 1.95. The Kier molecular flexibility index (Phi) is 5.64. The van der Waals surface area contributed by atoms with Crippen LogP contribution in [-0.4, -0.2) is 37.1 Å². The number of para-hydroxylation sites is 1. The smallest absolute Gasteiger partial charge is 0.0642 e. The van der Waals surface area contributed by atoms with Gasteiger partial charge in [-0.25, -0.2) is 0 Å². The summed E-state index contributed by atoms with van der Waals surface area (Å²) in [7, 11) is 0. The van der Waals surface area contributed by atoms with Crippen molar-refractivity contribution in [3.63, 3.8) is 0 Å². The molecule has 4 rings (SSSR count). The van der Waals surface area contributed by atoms with E-state index in [-0.39, 0.29) is 0 Å². The van der Waals surface area contributed by atoms with Crippen LogP contribution in [0, 0.1) is 13.8 Å². The zero-order valence-corrected chi connectivity index (χ0v) is 17.8. The van der Waals surface area contributed by atoms with Crippen molar-refractivity contribution in [2.75, 3.05) is 31.2 Å². The number of ether oxygens (including phenoxy) is 1. The molecule has 1 fully saturated rings. The Hall–Kier alpha value is -2.37. The summed E-state index contributed by atoms with van der Waals surface area (Å²) in [4.78, 5) is 7.07. The van der Waals surface area contributed by atoms with Crippen LogP contribution in [0.1, 0.15) is 17.0 Å². The molecule has 0 atom stereocenters. The van der Waals surface area contributed by atoms with Crippen molar-refractivity contribution in [3.05, 3.63) is 76.0 Å². The molecule has 5 heteroatoms. The molecule has 1 aliphatic rings. The highest BCUT2D eigenvalue weighted by Crippen LogP contribution is 2.30. The molecule has 0 radical (unpaired) electrons. The van der Waals surface area contributed by atoms with Gasteiger partial charge in [0.05, 0.1) is 18.9 Å². The minimum Gasteiger partial charge on any atom is -0.378 e. The van der Waals surface area contributed by atoms with Gasteiger partial charge in [-0.3, -0.25) is 4.99 Å². The Morgan fingerprint density at radius 3 is 2.25 bits per heavy atom. The summed E-state index contributed by atoms with van der Waals surface area (Å²) in [5.74, 6) is 0. The second-order valence-corrected chi connectivity index (χ2v) is 7.74. The second-order valence-electron chi connectivity index (χ2n) is 6.94. The van der Waals surface area contributed by atoms with E-state index in [0.29, 0.717) is 0 Å². The fourth-order valence-corrected chi connectivity index (χ4v) is 4.22. The average Bonchev–Trinajstić information content (AvgIpc) is 2.96. The van der Waals surface area contributed by atoms with Gasteiger partial charge in [-0.15, -0.1) is 0 Å². The molecule has 28 heavy (non-hydrogen) atoms.